The molecule has 2 atom stereocenters. The lowest BCUT2D eigenvalue weighted by atomic mass is 10.0. The van der Waals surface area contributed by atoms with Crippen molar-refractivity contribution in [3.8, 4) is 0 Å². The summed E-state index contributed by atoms with van der Waals surface area (Å²) in [7, 11) is 0. The first-order valence-electron chi connectivity index (χ1n) is 23.0. The first-order chi connectivity index (χ1) is 25.4. The molecule has 0 N–H and O–H groups in total. The van der Waals surface area contributed by atoms with Crippen LogP contribution in [0, 0.1) is 5.92 Å². The lowest BCUT2D eigenvalue weighted by Gasteiger charge is -2.19. The second kappa shape index (κ2) is 40.6. The molecule has 0 rings (SSSR count). The standard InChI is InChI=1S/C46H88O6/c1-5-8-11-13-15-17-19-21-23-25-27-29-31-33-35-38-44(47)50-40-43(41-51-46(49)42(4)37-10-7-3)52-45(48)39-36-34-32-30-28-26-24-22-20-18-16-14-12-9-6-2/h42-43H,5-41H2,1-4H3. The van der Waals surface area contributed by atoms with Gasteiger partial charge in [0, 0.05) is 12.8 Å². The molecule has 0 saturated carbocycles. The predicted molar refractivity (Wildman–Crippen MR) is 220 cm³/mol. The van der Waals surface area contributed by atoms with E-state index < -0.39 is 6.10 Å². The SMILES string of the molecule is CCCCCCCCCCCCCCCCCC(=O)OCC(COC(=O)C(C)CCCC)OC(=O)CCCCCCCCCCCCCCCCC. The summed E-state index contributed by atoms with van der Waals surface area (Å²) >= 11 is 0. The summed E-state index contributed by atoms with van der Waals surface area (Å²) in [6.07, 6.45) is 41.0. The van der Waals surface area contributed by atoms with Crippen molar-refractivity contribution in [1.82, 2.24) is 0 Å². The normalized spacial score (nSPS) is 12.5. The summed E-state index contributed by atoms with van der Waals surface area (Å²) in [5.41, 5.74) is 0. The molecule has 0 heterocycles. The van der Waals surface area contributed by atoms with Gasteiger partial charge >= 0.3 is 17.9 Å². The smallest absolute Gasteiger partial charge is 0.308 e. The summed E-state index contributed by atoms with van der Waals surface area (Å²) in [5, 5.41) is 0. The van der Waals surface area contributed by atoms with Gasteiger partial charge in [0.05, 0.1) is 5.92 Å². The van der Waals surface area contributed by atoms with E-state index in [1.165, 1.54) is 154 Å². The topological polar surface area (TPSA) is 78.9 Å². The molecule has 0 aliphatic rings. The Kier molecular flexibility index (Phi) is 39.4. The van der Waals surface area contributed by atoms with E-state index in [1.807, 2.05) is 6.92 Å². The summed E-state index contributed by atoms with van der Waals surface area (Å²) in [6, 6.07) is 0. The van der Waals surface area contributed by atoms with Crippen LogP contribution in [0.5, 0.6) is 0 Å². The fourth-order valence-electron chi connectivity index (χ4n) is 6.85. The molecular weight excluding hydrogens is 648 g/mol. The summed E-state index contributed by atoms with van der Waals surface area (Å²) in [4.78, 5) is 37.7. The van der Waals surface area contributed by atoms with Crippen LogP contribution in [0.2, 0.25) is 0 Å². The zero-order valence-corrected chi connectivity index (χ0v) is 35.3. The Labute approximate surface area is 323 Å². The van der Waals surface area contributed by atoms with Crippen molar-refractivity contribution >= 4 is 17.9 Å². The Balaban J connectivity index is 4.16. The second-order valence-corrected chi connectivity index (χ2v) is 15.9. The van der Waals surface area contributed by atoms with E-state index in [0.717, 1.165) is 57.8 Å². The van der Waals surface area contributed by atoms with E-state index in [4.69, 9.17) is 14.2 Å². The van der Waals surface area contributed by atoms with Gasteiger partial charge in [-0.1, -0.05) is 220 Å². The molecule has 0 radical (unpaired) electrons. The Bertz CT molecular complexity index is 783. The van der Waals surface area contributed by atoms with Crippen molar-refractivity contribution in [1.29, 1.82) is 0 Å². The molecule has 6 heteroatoms. The van der Waals surface area contributed by atoms with Crippen LogP contribution in [0.4, 0.5) is 0 Å². The minimum atomic E-state index is -0.767. The molecule has 0 aliphatic heterocycles. The van der Waals surface area contributed by atoms with Gasteiger partial charge in [-0.05, 0) is 19.3 Å². The van der Waals surface area contributed by atoms with Crippen molar-refractivity contribution in [3.05, 3.63) is 0 Å². The molecule has 0 fully saturated rings. The van der Waals surface area contributed by atoms with Crippen LogP contribution in [0.1, 0.15) is 252 Å². The number of rotatable bonds is 41. The van der Waals surface area contributed by atoms with E-state index in [2.05, 4.69) is 20.8 Å². The summed E-state index contributed by atoms with van der Waals surface area (Å²) < 4.78 is 16.7. The van der Waals surface area contributed by atoms with Crippen LogP contribution in [0.3, 0.4) is 0 Å². The molecule has 0 saturated heterocycles. The van der Waals surface area contributed by atoms with Crippen LogP contribution < -0.4 is 0 Å². The lowest BCUT2D eigenvalue weighted by molar-refractivity contribution is -0.168. The average molecular weight is 737 g/mol. The fourth-order valence-corrected chi connectivity index (χ4v) is 6.85. The number of ether oxygens (including phenoxy) is 3. The molecular formula is C46H88O6. The van der Waals surface area contributed by atoms with Crippen LogP contribution in [0.15, 0.2) is 0 Å². The lowest BCUT2D eigenvalue weighted by Crippen LogP contribution is -2.31. The van der Waals surface area contributed by atoms with Crippen LogP contribution in [0.25, 0.3) is 0 Å². The minimum Gasteiger partial charge on any atom is -0.462 e. The molecule has 52 heavy (non-hydrogen) atoms. The zero-order valence-electron chi connectivity index (χ0n) is 35.3. The maximum Gasteiger partial charge on any atom is 0.308 e. The third-order valence-electron chi connectivity index (χ3n) is 10.5. The van der Waals surface area contributed by atoms with E-state index in [1.54, 1.807) is 0 Å². The Morgan fingerprint density at radius 1 is 0.385 bits per heavy atom. The van der Waals surface area contributed by atoms with Gasteiger partial charge in [-0.2, -0.15) is 0 Å². The molecule has 308 valence electrons. The number of unbranched alkanes of at least 4 members (excludes halogenated alkanes) is 29. The van der Waals surface area contributed by atoms with Gasteiger partial charge in [-0.25, -0.2) is 0 Å². The number of carbonyl (C=O) groups excluding carboxylic acids is 3. The first kappa shape index (κ1) is 50.4. The van der Waals surface area contributed by atoms with Gasteiger partial charge < -0.3 is 14.2 Å². The van der Waals surface area contributed by atoms with E-state index in [9.17, 15) is 14.4 Å². The number of carbonyl (C=O) groups is 3. The van der Waals surface area contributed by atoms with Gasteiger partial charge in [0.25, 0.3) is 0 Å². The third kappa shape index (κ3) is 36.8. The quantitative estimate of drug-likeness (QED) is 0.0353. The monoisotopic (exact) mass is 737 g/mol. The highest BCUT2D eigenvalue weighted by atomic mass is 16.6. The Morgan fingerprint density at radius 3 is 1.06 bits per heavy atom. The molecule has 0 aromatic carbocycles. The average Bonchev–Trinajstić information content (AvgIpc) is 3.14. The Morgan fingerprint density at radius 2 is 0.692 bits per heavy atom. The van der Waals surface area contributed by atoms with Crippen molar-refractivity contribution in [2.45, 2.75) is 259 Å². The van der Waals surface area contributed by atoms with Crippen LogP contribution in [-0.2, 0) is 28.6 Å². The number of hydrogen-bond donors (Lipinski definition) is 0. The van der Waals surface area contributed by atoms with Crippen LogP contribution in [-0.4, -0.2) is 37.2 Å². The maximum atomic E-state index is 12.7. The fraction of sp³-hybridized carbons (Fsp3) is 0.935. The van der Waals surface area contributed by atoms with E-state index >= 15 is 0 Å². The predicted octanol–water partition coefficient (Wildman–Crippen LogP) is 14.3. The van der Waals surface area contributed by atoms with Gasteiger partial charge in [0.1, 0.15) is 13.2 Å². The first-order valence-corrected chi connectivity index (χ1v) is 23.0. The van der Waals surface area contributed by atoms with E-state index in [-0.39, 0.29) is 37.0 Å². The highest BCUT2D eigenvalue weighted by molar-refractivity contribution is 5.72. The van der Waals surface area contributed by atoms with Crippen LogP contribution >= 0.6 is 0 Å². The maximum absolute atomic E-state index is 12.7. The van der Waals surface area contributed by atoms with Gasteiger partial charge in [0.15, 0.2) is 6.10 Å². The summed E-state index contributed by atoms with van der Waals surface area (Å²) in [5.74, 6) is -1.08. The van der Waals surface area contributed by atoms with Crippen molar-refractivity contribution < 1.29 is 28.6 Å². The molecule has 0 bridgehead atoms. The largest absolute Gasteiger partial charge is 0.462 e. The highest BCUT2D eigenvalue weighted by Crippen LogP contribution is 2.16. The summed E-state index contributed by atoms with van der Waals surface area (Å²) in [6.45, 7) is 8.36. The van der Waals surface area contributed by atoms with Gasteiger partial charge in [-0.3, -0.25) is 14.4 Å². The molecule has 2 unspecified atom stereocenters. The van der Waals surface area contributed by atoms with Gasteiger partial charge in [0.2, 0.25) is 0 Å². The number of hydrogen-bond acceptors (Lipinski definition) is 6. The molecule has 0 aromatic heterocycles. The highest BCUT2D eigenvalue weighted by Gasteiger charge is 2.21. The number of esters is 3. The molecule has 0 aromatic rings. The van der Waals surface area contributed by atoms with Crippen molar-refractivity contribution in [2.24, 2.45) is 5.92 Å². The Hall–Kier alpha value is -1.59. The zero-order chi connectivity index (χ0) is 38.2. The minimum absolute atomic E-state index is 0.0706. The van der Waals surface area contributed by atoms with E-state index in [0.29, 0.717) is 12.8 Å². The second-order valence-electron chi connectivity index (χ2n) is 15.9. The third-order valence-corrected chi connectivity index (χ3v) is 10.5. The van der Waals surface area contributed by atoms with Crippen molar-refractivity contribution in [2.75, 3.05) is 13.2 Å². The van der Waals surface area contributed by atoms with Crippen molar-refractivity contribution in [3.63, 3.8) is 0 Å². The van der Waals surface area contributed by atoms with Gasteiger partial charge in [-0.15, -0.1) is 0 Å². The molecule has 6 nitrogen and oxygen atoms in total. The molecule has 0 aliphatic carbocycles. The molecule has 0 amide bonds. The molecule has 0 spiro atoms.